The molecule has 0 spiro atoms. The van der Waals surface area contributed by atoms with Gasteiger partial charge < -0.3 is 24.8 Å². The summed E-state index contributed by atoms with van der Waals surface area (Å²) < 4.78 is 1.17. The zero-order chi connectivity index (χ0) is 20.5. The van der Waals surface area contributed by atoms with Gasteiger partial charge in [0.05, 0.1) is 0 Å². The summed E-state index contributed by atoms with van der Waals surface area (Å²) >= 11 is 4.76. The second-order valence-corrected chi connectivity index (χ2v) is 7.33. The molecule has 0 saturated heterocycles. The van der Waals surface area contributed by atoms with Gasteiger partial charge in [0.2, 0.25) is 0 Å². The third-order valence-corrected chi connectivity index (χ3v) is 5.44. The van der Waals surface area contributed by atoms with Crippen molar-refractivity contribution < 1.29 is 47.5 Å². The summed E-state index contributed by atoms with van der Waals surface area (Å²) in [6.07, 6.45) is 12.7. The number of hydrogen-bond acceptors (Lipinski definition) is 1. The SMILES string of the molecule is Brc1cc[c-]c2c1C(c1ccccc1)C=C2.[C-]1=CC(c2ccccc2)=CC1.[Cl-].[Cl-].[S]=[Zr+2]. The number of halogens is 3. The van der Waals surface area contributed by atoms with Crippen molar-refractivity contribution in [1.82, 2.24) is 0 Å². The summed E-state index contributed by atoms with van der Waals surface area (Å²) in [5.74, 6) is 0.364. The molecule has 2 aliphatic carbocycles. The molecule has 0 nitrogen and oxygen atoms in total. The van der Waals surface area contributed by atoms with Gasteiger partial charge in [-0.15, -0.1) is 53.5 Å². The molecule has 0 aromatic heterocycles. The third-order valence-electron chi connectivity index (χ3n) is 4.75. The van der Waals surface area contributed by atoms with Crippen LogP contribution in [0.5, 0.6) is 0 Å². The van der Waals surface area contributed by atoms with Gasteiger partial charge >= 0.3 is 31.5 Å². The molecule has 0 aliphatic heterocycles. The number of rotatable bonds is 2. The summed E-state index contributed by atoms with van der Waals surface area (Å²) in [6, 6.07) is 28.2. The Labute approximate surface area is 224 Å². The van der Waals surface area contributed by atoms with Gasteiger partial charge in [0.25, 0.3) is 0 Å². The summed E-state index contributed by atoms with van der Waals surface area (Å²) in [5.41, 5.74) is 6.44. The molecule has 0 heterocycles. The van der Waals surface area contributed by atoms with Gasteiger partial charge in [0.15, 0.2) is 0 Å². The maximum atomic E-state index is 4.17. The minimum atomic E-state index is 0. The Balaban J connectivity index is 0.000000284. The van der Waals surface area contributed by atoms with Crippen molar-refractivity contribution in [2.45, 2.75) is 12.3 Å². The fourth-order valence-electron chi connectivity index (χ4n) is 3.41. The summed E-state index contributed by atoms with van der Waals surface area (Å²) in [4.78, 5) is 0. The first-order chi connectivity index (χ1) is 14.3. The number of allylic oxidation sites excluding steroid dienone is 5. The maximum absolute atomic E-state index is 4.17. The van der Waals surface area contributed by atoms with Gasteiger partial charge in [-0.2, -0.15) is 11.6 Å². The van der Waals surface area contributed by atoms with Crippen LogP contribution in [0.3, 0.4) is 0 Å². The van der Waals surface area contributed by atoms with E-state index < -0.39 is 0 Å². The molecule has 0 N–H and O–H groups in total. The Morgan fingerprint density at radius 3 is 2.16 bits per heavy atom. The third kappa shape index (κ3) is 7.55. The van der Waals surface area contributed by atoms with E-state index in [2.05, 4.69) is 122 Å². The molecular formula is C26H19BrCl2SZr-2. The van der Waals surface area contributed by atoms with Crippen molar-refractivity contribution in [1.29, 1.82) is 0 Å². The molecule has 0 saturated carbocycles. The van der Waals surface area contributed by atoms with Crippen LogP contribution in [-0.4, -0.2) is 0 Å². The van der Waals surface area contributed by atoms with Crippen LogP contribution in [0.1, 0.15) is 34.6 Å². The van der Waals surface area contributed by atoms with Crippen molar-refractivity contribution >= 4 is 36.4 Å². The van der Waals surface area contributed by atoms with Crippen molar-refractivity contribution in [2.24, 2.45) is 0 Å². The van der Waals surface area contributed by atoms with E-state index in [1.807, 2.05) is 12.1 Å². The molecule has 0 amide bonds. The van der Waals surface area contributed by atoms with E-state index in [9.17, 15) is 0 Å². The van der Waals surface area contributed by atoms with Crippen LogP contribution in [0.25, 0.3) is 11.6 Å². The normalized spacial score (nSPS) is 14.5. The number of fused-ring (bicyclic) bond motifs is 1. The van der Waals surface area contributed by atoms with Crippen LogP contribution < -0.4 is 24.8 Å². The van der Waals surface area contributed by atoms with Crippen LogP contribution in [0, 0.1) is 12.1 Å². The Kier molecular flexibility index (Phi) is 13.6. The Morgan fingerprint density at radius 2 is 1.55 bits per heavy atom. The van der Waals surface area contributed by atoms with E-state index in [0.29, 0.717) is 5.92 Å². The van der Waals surface area contributed by atoms with Crippen molar-refractivity contribution in [3.8, 4) is 0 Å². The predicted molar refractivity (Wildman–Crippen MR) is 125 cm³/mol. The molecule has 1 unspecified atom stereocenters. The molecular weight excluding hydrogens is 586 g/mol. The fourth-order valence-corrected chi connectivity index (χ4v) is 4.00. The van der Waals surface area contributed by atoms with Crippen molar-refractivity contribution in [3.05, 3.63) is 130 Å². The monoisotopic (exact) mass is 602 g/mol. The molecule has 3 aromatic carbocycles. The minimum absolute atomic E-state index is 0. The van der Waals surface area contributed by atoms with E-state index in [0.717, 1.165) is 29.1 Å². The standard InChI is InChI=1S/C15H10Br.C11H9.2ClH.S.Zr/c16-14-8-4-7-12-9-10-13(15(12)14)11-5-2-1-3-6-11;1-2-6-10(7-3-1)11-8-4-5-9-11;;;;/h1-6,8-10,13H;1-3,6-9H,4H2;2*1H;;/q2*-1;;;;+2/p-2. The van der Waals surface area contributed by atoms with Crippen molar-refractivity contribution in [2.75, 3.05) is 0 Å². The average molecular weight is 606 g/mol. The van der Waals surface area contributed by atoms with Gasteiger partial charge in [-0.25, -0.2) is 6.08 Å². The summed E-state index contributed by atoms with van der Waals surface area (Å²) in [6.45, 7) is 0. The zero-order valence-electron chi connectivity index (χ0n) is 16.6. The molecule has 0 radical (unpaired) electrons. The Morgan fingerprint density at radius 1 is 0.903 bits per heavy atom. The second-order valence-electron chi connectivity index (χ2n) is 6.48. The molecule has 1 atom stereocenters. The fraction of sp³-hybridized carbons (Fsp3) is 0.0769. The zero-order valence-corrected chi connectivity index (χ0v) is 22.9. The Hall–Kier alpha value is -0.957. The Bertz CT molecular complexity index is 1030. The van der Waals surface area contributed by atoms with Gasteiger partial charge in [-0.05, 0) is 11.5 Å². The van der Waals surface area contributed by atoms with Gasteiger partial charge in [-0.3, -0.25) is 6.08 Å². The topological polar surface area (TPSA) is 0 Å². The van der Waals surface area contributed by atoms with Gasteiger partial charge in [0.1, 0.15) is 0 Å². The predicted octanol–water partition coefficient (Wildman–Crippen LogP) is 1.89. The van der Waals surface area contributed by atoms with Crippen LogP contribution in [0.2, 0.25) is 0 Å². The molecule has 0 bridgehead atoms. The number of hydrogen-bond donors (Lipinski definition) is 0. The van der Waals surface area contributed by atoms with Crippen LogP contribution in [-0.2, 0) is 22.7 Å². The molecule has 5 rings (SSSR count). The molecule has 5 heteroatoms. The first-order valence-corrected chi connectivity index (χ1v) is 13.5. The molecule has 156 valence electrons. The van der Waals surface area contributed by atoms with E-state index in [1.54, 1.807) is 0 Å². The average Bonchev–Trinajstić information content (AvgIpc) is 3.48. The van der Waals surface area contributed by atoms with Crippen LogP contribution >= 0.6 is 24.8 Å². The van der Waals surface area contributed by atoms with E-state index in [1.165, 1.54) is 32.3 Å². The first-order valence-electron chi connectivity index (χ1n) is 9.29. The van der Waals surface area contributed by atoms with Gasteiger partial charge in [-0.1, -0.05) is 81.1 Å². The van der Waals surface area contributed by atoms with Crippen LogP contribution in [0.4, 0.5) is 0 Å². The summed E-state index contributed by atoms with van der Waals surface area (Å²) in [7, 11) is 4.17. The molecule has 0 fully saturated rings. The quantitative estimate of drug-likeness (QED) is 0.403. The number of benzene rings is 3. The molecule has 31 heavy (non-hydrogen) atoms. The second kappa shape index (κ2) is 15.0. The van der Waals surface area contributed by atoms with Gasteiger partial charge in [0, 0.05) is 0 Å². The molecule has 3 aromatic rings. The van der Waals surface area contributed by atoms with E-state index in [-0.39, 0.29) is 24.8 Å². The van der Waals surface area contributed by atoms with Crippen molar-refractivity contribution in [3.63, 3.8) is 0 Å². The first kappa shape index (κ1) is 28.1. The van der Waals surface area contributed by atoms with E-state index in [4.69, 9.17) is 0 Å². The summed E-state index contributed by atoms with van der Waals surface area (Å²) in [5, 5.41) is 0. The van der Waals surface area contributed by atoms with E-state index >= 15 is 0 Å². The van der Waals surface area contributed by atoms with Crippen LogP contribution in [0.15, 0.2) is 95.5 Å². The molecule has 2 aliphatic rings.